The van der Waals surface area contributed by atoms with Crippen LogP contribution >= 0.6 is 0 Å². The Labute approximate surface area is 159 Å². The minimum atomic E-state index is -0.0848. The Hall–Kier alpha value is -2.89. The lowest BCUT2D eigenvalue weighted by molar-refractivity contribution is -0.118. The maximum atomic E-state index is 12.6. The zero-order chi connectivity index (χ0) is 18.9. The largest absolute Gasteiger partial charge is 0.324 e. The van der Waals surface area contributed by atoms with Crippen LogP contribution in [0.5, 0.6) is 0 Å². The summed E-state index contributed by atoms with van der Waals surface area (Å²) in [5.74, 6) is -0.000157. The van der Waals surface area contributed by atoms with Crippen molar-refractivity contribution in [1.82, 2.24) is 9.88 Å². The van der Waals surface area contributed by atoms with E-state index in [-0.39, 0.29) is 23.3 Å². The molecule has 6 nitrogen and oxygen atoms in total. The highest BCUT2D eigenvalue weighted by Gasteiger charge is 2.61. The van der Waals surface area contributed by atoms with E-state index in [1.54, 1.807) is 18.5 Å². The van der Waals surface area contributed by atoms with Crippen LogP contribution in [0.2, 0.25) is 0 Å². The van der Waals surface area contributed by atoms with Gasteiger partial charge in [0.15, 0.2) is 0 Å². The maximum absolute atomic E-state index is 12.6. The van der Waals surface area contributed by atoms with E-state index in [9.17, 15) is 9.59 Å². The van der Waals surface area contributed by atoms with Crippen molar-refractivity contribution in [3.05, 3.63) is 54.4 Å². The van der Waals surface area contributed by atoms with Gasteiger partial charge >= 0.3 is 6.03 Å². The molecule has 0 radical (unpaired) electrons. The van der Waals surface area contributed by atoms with E-state index in [1.807, 2.05) is 29.2 Å². The number of pyridine rings is 1. The summed E-state index contributed by atoms with van der Waals surface area (Å²) < 4.78 is 0. The number of carbonyl (C=O) groups is 2. The molecule has 1 aromatic heterocycles. The van der Waals surface area contributed by atoms with Crippen LogP contribution in [0.15, 0.2) is 48.8 Å². The van der Waals surface area contributed by atoms with Gasteiger partial charge in [0.05, 0.1) is 11.9 Å². The molecule has 1 saturated carbocycles. The van der Waals surface area contributed by atoms with Gasteiger partial charge in [-0.1, -0.05) is 19.1 Å². The average Bonchev–Trinajstić information content (AvgIpc) is 3.22. The fourth-order valence-electron chi connectivity index (χ4n) is 3.98. The summed E-state index contributed by atoms with van der Waals surface area (Å²) in [7, 11) is 0. The number of hydrogen-bond acceptors (Lipinski definition) is 3. The normalized spacial score (nSPS) is 23.3. The monoisotopic (exact) mass is 364 g/mol. The molecule has 1 spiro atoms. The fourth-order valence-corrected chi connectivity index (χ4v) is 3.98. The van der Waals surface area contributed by atoms with Gasteiger partial charge in [-0.3, -0.25) is 9.78 Å². The summed E-state index contributed by atoms with van der Waals surface area (Å²) in [4.78, 5) is 31.0. The molecule has 0 unspecified atom stereocenters. The third-order valence-electron chi connectivity index (χ3n) is 5.69. The van der Waals surface area contributed by atoms with Crippen LogP contribution in [0.1, 0.15) is 25.3 Å². The Kier molecular flexibility index (Phi) is 4.56. The molecule has 4 rings (SSSR count). The van der Waals surface area contributed by atoms with E-state index in [2.05, 4.69) is 28.6 Å². The number of likely N-dealkylation sites (tertiary alicyclic amines) is 1. The Morgan fingerprint density at radius 2 is 2.07 bits per heavy atom. The van der Waals surface area contributed by atoms with Gasteiger partial charge in [0, 0.05) is 36.3 Å². The van der Waals surface area contributed by atoms with Gasteiger partial charge in [0.25, 0.3) is 0 Å². The molecule has 2 aromatic rings. The van der Waals surface area contributed by atoms with Crippen molar-refractivity contribution in [2.45, 2.75) is 26.2 Å². The molecule has 1 saturated heterocycles. The number of nitrogens with one attached hydrogen (secondary N) is 2. The highest BCUT2D eigenvalue weighted by atomic mass is 16.2. The van der Waals surface area contributed by atoms with Gasteiger partial charge in [0.1, 0.15) is 0 Å². The number of carbonyl (C=O) groups excluding carboxylic acids is 2. The molecule has 2 N–H and O–H groups in total. The van der Waals surface area contributed by atoms with Crippen molar-refractivity contribution in [3.63, 3.8) is 0 Å². The number of aryl methyl sites for hydroxylation is 1. The molecule has 0 bridgehead atoms. The van der Waals surface area contributed by atoms with E-state index in [0.29, 0.717) is 18.8 Å². The second-order valence-electron chi connectivity index (χ2n) is 7.51. The number of hydrogen-bond donors (Lipinski definition) is 2. The molecule has 2 heterocycles. The highest BCUT2D eigenvalue weighted by Crippen LogP contribution is 2.58. The Morgan fingerprint density at radius 1 is 1.22 bits per heavy atom. The predicted molar refractivity (Wildman–Crippen MR) is 104 cm³/mol. The maximum Gasteiger partial charge on any atom is 0.321 e. The number of benzene rings is 1. The molecular formula is C21H24N4O2. The van der Waals surface area contributed by atoms with Gasteiger partial charge in [-0.15, -0.1) is 0 Å². The first-order valence-electron chi connectivity index (χ1n) is 9.45. The summed E-state index contributed by atoms with van der Waals surface area (Å²) in [5.41, 5.74) is 2.67. The highest BCUT2D eigenvalue weighted by molar-refractivity contribution is 5.95. The minimum Gasteiger partial charge on any atom is -0.324 e. The molecule has 2 aliphatic rings. The Morgan fingerprint density at radius 3 is 2.85 bits per heavy atom. The van der Waals surface area contributed by atoms with Crippen molar-refractivity contribution >= 4 is 23.3 Å². The standard InChI is InChI=1S/C21H24N4O2/c1-2-15-5-3-6-16(11-15)24-20(27)25-10-8-21(14-25)12-18(21)19(26)23-17-7-4-9-22-13-17/h3-7,9,11,13,18H,2,8,10,12,14H2,1H3,(H,23,26)(H,24,27)/t18-,21+/m0/s1. The molecule has 1 aliphatic carbocycles. The fraction of sp³-hybridized carbons (Fsp3) is 0.381. The first kappa shape index (κ1) is 17.5. The molecule has 2 fully saturated rings. The van der Waals surface area contributed by atoms with Crippen LogP contribution in [-0.2, 0) is 11.2 Å². The molecule has 1 aliphatic heterocycles. The summed E-state index contributed by atoms with van der Waals surface area (Å²) in [6, 6.07) is 11.5. The molecule has 6 heteroatoms. The second-order valence-corrected chi connectivity index (χ2v) is 7.51. The van der Waals surface area contributed by atoms with E-state index >= 15 is 0 Å². The summed E-state index contributed by atoms with van der Waals surface area (Å²) in [5, 5.41) is 5.92. The van der Waals surface area contributed by atoms with Crippen molar-refractivity contribution in [3.8, 4) is 0 Å². The van der Waals surface area contributed by atoms with E-state index < -0.39 is 0 Å². The quantitative estimate of drug-likeness (QED) is 0.872. The van der Waals surface area contributed by atoms with Gasteiger partial charge in [-0.25, -0.2) is 4.79 Å². The van der Waals surface area contributed by atoms with Crippen molar-refractivity contribution in [1.29, 1.82) is 0 Å². The zero-order valence-corrected chi connectivity index (χ0v) is 15.4. The number of rotatable bonds is 4. The minimum absolute atomic E-state index is 0.0286. The Balaban J connectivity index is 1.33. The lowest BCUT2D eigenvalue weighted by Gasteiger charge is -2.18. The molecule has 2 atom stereocenters. The smallest absolute Gasteiger partial charge is 0.321 e. The van der Waals surface area contributed by atoms with Crippen LogP contribution in [-0.4, -0.2) is 34.9 Å². The summed E-state index contributed by atoms with van der Waals surface area (Å²) >= 11 is 0. The number of amides is 3. The average molecular weight is 364 g/mol. The van der Waals surface area contributed by atoms with E-state index in [1.165, 1.54) is 5.56 Å². The summed E-state index contributed by atoms with van der Waals surface area (Å²) in [6.07, 6.45) is 5.97. The van der Waals surface area contributed by atoms with E-state index in [4.69, 9.17) is 0 Å². The van der Waals surface area contributed by atoms with Crippen LogP contribution in [0.3, 0.4) is 0 Å². The van der Waals surface area contributed by atoms with Gasteiger partial charge in [0.2, 0.25) is 5.91 Å². The van der Waals surface area contributed by atoms with Gasteiger partial charge in [-0.05, 0) is 49.1 Å². The molecular weight excluding hydrogens is 340 g/mol. The lowest BCUT2D eigenvalue weighted by Crippen LogP contribution is -2.33. The number of anilines is 2. The van der Waals surface area contributed by atoms with Gasteiger partial charge in [-0.2, -0.15) is 0 Å². The number of nitrogens with zero attached hydrogens (tertiary/aromatic N) is 2. The predicted octanol–water partition coefficient (Wildman–Crippen LogP) is 3.53. The first-order valence-corrected chi connectivity index (χ1v) is 9.45. The zero-order valence-electron chi connectivity index (χ0n) is 15.4. The topological polar surface area (TPSA) is 74.3 Å². The molecule has 1 aromatic carbocycles. The van der Waals surface area contributed by atoms with Gasteiger partial charge < -0.3 is 15.5 Å². The van der Waals surface area contributed by atoms with Crippen LogP contribution < -0.4 is 10.6 Å². The van der Waals surface area contributed by atoms with Crippen LogP contribution in [0.25, 0.3) is 0 Å². The summed E-state index contributed by atoms with van der Waals surface area (Å²) in [6.45, 7) is 3.42. The van der Waals surface area contributed by atoms with Crippen LogP contribution in [0, 0.1) is 11.3 Å². The third-order valence-corrected chi connectivity index (χ3v) is 5.69. The SMILES string of the molecule is CCc1cccc(NC(=O)N2CC[C@@]3(C[C@H]3C(=O)Nc3cccnc3)C2)c1. The number of aromatic nitrogens is 1. The Bertz CT molecular complexity index is 854. The van der Waals surface area contributed by atoms with Crippen LogP contribution in [0.4, 0.5) is 16.2 Å². The molecule has 140 valence electrons. The first-order chi connectivity index (χ1) is 13.1. The van der Waals surface area contributed by atoms with Crippen molar-refractivity contribution in [2.24, 2.45) is 11.3 Å². The van der Waals surface area contributed by atoms with Crippen molar-refractivity contribution < 1.29 is 9.59 Å². The lowest BCUT2D eigenvalue weighted by atomic mass is 10.0. The molecule has 27 heavy (non-hydrogen) atoms. The molecule has 3 amide bonds. The second kappa shape index (κ2) is 7.02. The van der Waals surface area contributed by atoms with Crippen molar-refractivity contribution in [2.75, 3.05) is 23.7 Å². The third kappa shape index (κ3) is 3.65. The van der Waals surface area contributed by atoms with E-state index in [0.717, 1.165) is 24.9 Å². The number of urea groups is 1.